The normalized spacial score (nSPS) is 10.3. The molecule has 0 radical (unpaired) electrons. The Morgan fingerprint density at radius 1 is 1.21 bits per heavy atom. The number of carbonyl (C=O) groups excluding carboxylic acids is 1. The minimum atomic E-state index is -0.945. The van der Waals surface area contributed by atoms with Gasteiger partial charge < -0.3 is 5.32 Å². The Morgan fingerprint density at radius 3 is 2.63 bits per heavy atom. The Bertz CT molecular complexity index is 602. The molecule has 1 heterocycles. The first-order chi connectivity index (χ1) is 9.06. The average Bonchev–Trinajstić information content (AvgIpc) is 2.40. The molecule has 0 saturated heterocycles. The molecule has 1 aromatic carbocycles. The highest BCUT2D eigenvalue weighted by Crippen LogP contribution is 2.09. The zero-order chi connectivity index (χ0) is 13.8. The van der Waals surface area contributed by atoms with Crippen LogP contribution in [0.3, 0.4) is 0 Å². The number of benzene rings is 1. The molecule has 0 unspecified atom stereocenters. The highest BCUT2D eigenvalue weighted by atomic mass is 35.5. The third kappa shape index (κ3) is 3.48. The maximum atomic E-state index is 13.0. The lowest BCUT2D eigenvalue weighted by atomic mass is 10.2. The molecule has 0 spiro atoms. The predicted molar refractivity (Wildman–Crippen MR) is 66.8 cm³/mol. The number of hydrogen-bond acceptors (Lipinski definition) is 2. The van der Waals surface area contributed by atoms with Crippen LogP contribution in [0, 0.1) is 11.6 Å². The van der Waals surface area contributed by atoms with Crippen LogP contribution in [0.4, 0.5) is 8.78 Å². The van der Waals surface area contributed by atoms with E-state index in [1.807, 2.05) is 0 Å². The van der Waals surface area contributed by atoms with E-state index in [2.05, 4.69) is 10.3 Å². The van der Waals surface area contributed by atoms with Gasteiger partial charge in [-0.3, -0.25) is 4.79 Å². The second kappa shape index (κ2) is 5.75. The van der Waals surface area contributed by atoms with Gasteiger partial charge in [-0.05, 0) is 29.8 Å². The molecule has 2 rings (SSSR count). The van der Waals surface area contributed by atoms with Gasteiger partial charge in [0.1, 0.15) is 5.15 Å². The molecular formula is C13H9ClF2N2O. The zero-order valence-electron chi connectivity index (χ0n) is 9.66. The maximum absolute atomic E-state index is 13.0. The van der Waals surface area contributed by atoms with E-state index in [0.717, 1.165) is 12.1 Å². The Hall–Kier alpha value is -2.01. The van der Waals surface area contributed by atoms with Crippen molar-refractivity contribution in [2.45, 2.75) is 6.54 Å². The Labute approximate surface area is 113 Å². The van der Waals surface area contributed by atoms with Gasteiger partial charge in [-0.15, -0.1) is 0 Å². The van der Waals surface area contributed by atoms with Crippen LogP contribution in [-0.4, -0.2) is 10.9 Å². The van der Waals surface area contributed by atoms with Gasteiger partial charge >= 0.3 is 0 Å². The van der Waals surface area contributed by atoms with E-state index < -0.39 is 11.6 Å². The molecule has 19 heavy (non-hydrogen) atoms. The summed E-state index contributed by atoms with van der Waals surface area (Å²) in [4.78, 5) is 15.5. The summed E-state index contributed by atoms with van der Waals surface area (Å²) in [7, 11) is 0. The fraction of sp³-hybridized carbons (Fsp3) is 0.0769. The van der Waals surface area contributed by atoms with Gasteiger partial charge in [0.25, 0.3) is 5.91 Å². The van der Waals surface area contributed by atoms with E-state index in [4.69, 9.17) is 11.6 Å². The summed E-state index contributed by atoms with van der Waals surface area (Å²) in [5, 5.41) is 2.86. The number of carbonyl (C=O) groups is 1. The van der Waals surface area contributed by atoms with Crippen LogP contribution in [0.15, 0.2) is 36.5 Å². The predicted octanol–water partition coefficient (Wildman–Crippen LogP) is 2.94. The first kappa shape index (κ1) is 13.4. The third-order valence-corrected chi connectivity index (χ3v) is 2.65. The highest BCUT2D eigenvalue weighted by Gasteiger charge is 2.07. The molecule has 0 bridgehead atoms. The van der Waals surface area contributed by atoms with Crippen molar-refractivity contribution in [3.8, 4) is 0 Å². The molecule has 0 saturated carbocycles. The molecule has 6 heteroatoms. The highest BCUT2D eigenvalue weighted by molar-refractivity contribution is 6.29. The smallest absolute Gasteiger partial charge is 0.253 e. The van der Waals surface area contributed by atoms with Crippen LogP contribution < -0.4 is 5.32 Å². The molecule has 1 N–H and O–H groups in total. The van der Waals surface area contributed by atoms with Crippen molar-refractivity contribution < 1.29 is 13.6 Å². The fourth-order valence-corrected chi connectivity index (χ4v) is 1.56. The molecule has 1 aromatic heterocycles. The number of nitrogens with one attached hydrogen (secondary N) is 1. The minimum Gasteiger partial charge on any atom is -0.348 e. The first-order valence-corrected chi connectivity index (χ1v) is 5.78. The van der Waals surface area contributed by atoms with Gasteiger partial charge in [-0.25, -0.2) is 13.8 Å². The van der Waals surface area contributed by atoms with Crippen molar-refractivity contribution in [3.63, 3.8) is 0 Å². The standard InChI is InChI=1S/C13H9ClF2N2O/c14-12-4-2-9(7-17-12)13(19)18-6-8-1-3-10(15)11(16)5-8/h1-5,7H,6H2,(H,18,19). The van der Waals surface area contributed by atoms with E-state index in [1.165, 1.54) is 24.4 Å². The molecule has 0 aliphatic carbocycles. The monoisotopic (exact) mass is 282 g/mol. The van der Waals surface area contributed by atoms with Crippen molar-refractivity contribution >= 4 is 17.5 Å². The molecule has 0 fully saturated rings. The van der Waals surface area contributed by atoms with Gasteiger partial charge in [0.2, 0.25) is 0 Å². The molecule has 0 atom stereocenters. The van der Waals surface area contributed by atoms with Crippen LogP contribution >= 0.6 is 11.6 Å². The summed E-state index contributed by atoms with van der Waals surface area (Å²) >= 11 is 5.60. The number of pyridine rings is 1. The largest absolute Gasteiger partial charge is 0.348 e. The summed E-state index contributed by atoms with van der Waals surface area (Å²) < 4.78 is 25.7. The van der Waals surface area contributed by atoms with E-state index in [-0.39, 0.29) is 17.6 Å². The van der Waals surface area contributed by atoms with Gasteiger partial charge in [0, 0.05) is 12.7 Å². The maximum Gasteiger partial charge on any atom is 0.253 e. The minimum absolute atomic E-state index is 0.0959. The number of rotatable bonds is 3. The van der Waals surface area contributed by atoms with E-state index in [0.29, 0.717) is 11.1 Å². The second-order valence-corrected chi connectivity index (χ2v) is 4.19. The summed E-state index contributed by atoms with van der Waals surface area (Å²) in [6.07, 6.45) is 1.34. The number of hydrogen-bond donors (Lipinski definition) is 1. The number of halogens is 3. The Morgan fingerprint density at radius 2 is 2.00 bits per heavy atom. The molecule has 2 aromatic rings. The van der Waals surface area contributed by atoms with Crippen molar-refractivity contribution in [2.24, 2.45) is 0 Å². The second-order valence-electron chi connectivity index (χ2n) is 3.80. The molecule has 3 nitrogen and oxygen atoms in total. The lowest BCUT2D eigenvalue weighted by Crippen LogP contribution is -2.23. The van der Waals surface area contributed by atoms with E-state index in [9.17, 15) is 13.6 Å². The van der Waals surface area contributed by atoms with Crippen molar-refractivity contribution in [1.29, 1.82) is 0 Å². The van der Waals surface area contributed by atoms with Crippen molar-refractivity contribution in [1.82, 2.24) is 10.3 Å². The van der Waals surface area contributed by atoms with Crippen LogP contribution in [0.1, 0.15) is 15.9 Å². The lowest BCUT2D eigenvalue weighted by molar-refractivity contribution is 0.0950. The number of aromatic nitrogens is 1. The van der Waals surface area contributed by atoms with Gasteiger partial charge in [0.05, 0.1) is 5.56 Å². The number of amides is 1. The summed E-state index contributed by atoms with van der Waals surface area (Å²) in [5.41, 5.74) is 0.807. The summed E-state index contributed by atoms with van der Waals surface area (Å²) in [6.45, 7) is 0.0959. The SMILES string of the molecule is O=C(NCc1ccc(F)c(F)c1)c1ccc(Cl)nc1. The van der Waals surface area contributed by atoms with Crippen LogP contribution in [0.5, 0.6) is 0 Å². The van der Waals surface area contributed by atoms with Crippen molar-refractivity contribution in [3.05, 3.63) is 64.4 Å². The van der Waals surface area contributed by atoms with E-state index in [1.54, 1.807) is 0 Å². The van der Waals surface area contributed by atoms with Gasteiger partial charge in [-0.1, -0.05) is 17.7 Å². The Kier molecular flexibility index (Phi) is 4.06. The third-order valence-electron chi connectivity index (χ3n) is 2.43. The number of nitrogens with zero attached hydrogens (tertiary/aromatic N) is 1. The average molecular weight is 283 g/mol. The molecular weight excluding hydrogens is 274 g/mol. The first-order valence-electron chi connectivity index (χ1n) is 5.40. The lowest BCUT2D eigenvalue weighted by Gasteiger charge is -2.05. The van der Waals surface area contributed by atoms with E-state index >= 15 is 0 Å². The van der Waals surface area contributed by atoms with Crippen LogP contribution in [-0.2, 0) is 6.54 Å². The summed E-state index contributed by atoms with van der Waals surface area (Å²) in [6, 6.07) is 6.47. The summed E-state index contributed by atoms with van der Waals surface area (Å²) in [5.74, 6) is -2.23. The van der Waals surface area contributed by atoms with Crippen LogP contribution in [0.25, 0.3) is 0 Å². The zero-order valence-corrected chi connectivity index (χ0v) is 10.4. The fourth-order valence-electron chi connectivity index (χ4n) is 1.44. The Balaban J connectivity index is 2.00. The molecule has 0 aliphatic rings. The molecule has 1 amide bonds. The van der Waals surface area contributed by atoms with Gasteiger partial charge in [0.15, 0.2) is 11.6 Å². The van der Waals surface area contributed by atoms with Gasteiger partial charge in [-0.2, -0.15) is 0 Å². The van der Waals surface area contributed by atoms with Crippen molar-refractivity contribution in [2.75, 3.05) is 0 Å². The topological polar surface area (TPSA) is 42.0 Å². The molecule has 0 aliphatic heterocycles. The quantitative estimate of drug-likeness (QED) is 0.880. The van der Waals surface area contributed by atoms with Crippen LogP contribution in [0.2, 0.25) is 5.15 Å². The molecule has 98 valence electrons.